The maximum absolute atomic E-state index is 4.96. The van der Waals surface area contributed by atoms with E-state index in [0.717, 1.165) is 5.70 Å². The third-order valence-electron chi connectivity index (χ3n) is 0.661. The first-order chi connectivity index (χ1) is 2.81. The van der Waals surface area contributed by atoms with E-state index in [1.165, 1.54) is 0 Å². The van der Waals surface area contributed by atoms with E-state index < -0.39 is 0 Å². The first-order valence-electron chi connectivity index (χ1n) is 1.90. The van der Waals surface area contributed by atoms with E-state index in [1.807, 2.05) is 19.9 Å². The fourth-order valence-corrected chi connectivity index (χ4v) is 0.0833. The van der Waals surface area contributed by atoms with Crippen LogP contribution in [-0.4, -0.2) is 0 Å². The Kier molecular flexibility index (Phi) is 2.50. The van der Waals surface area contributed by atoms with E-state index in [4.69, 9.17) is 5.84 Å². The summed E-state index contributed by atoms with van der Waals surface area (Å²) in [5.74, 6) is 4.96. The van der Waals surface area contributed by atoms with Crippen LogP contribution in [0, 0.1) is 0 Å². The van der Waals surface area contributed by atoms with Crippen LogP contribution in [0.4, 0.5) is 0 Å². The van der Waals surface area contributed by atoms with Crippen LogP contribution in [0.2, 0.25) is 0 Å². The van der Waals surface area contributed by atoms with Gasteiger partial charge in [-0.3, -0.25) is 5.84 Å². The Balaban J connectivity index is 3.22. The molecule has 0 radical (unpaired) electrons. The highest BCUT2D eigenvalue weighted by Crippen LogP contribution is 1.76. The van der Waals surface area contributed by atoms with Gasteiger partial charge in [0.15, 0.2) is 0 Å². The van der Waals surface area contributed by atoms with Gasteiger partial charge in [-0.1, -0.05) is 6.08 Å². The second-order valence-electron chi connectivity index (χ2n) is 1.12. The van der Waals surface area contributed by atoms with Gasteiger partial charge in [0.05, 0.1) is 0 Å². The zero-order valence-corrected chi connectivity index (χ0v) is 4.15. The zero-order valence-electron chi connectivity index (χ0n) is 4.15. The summed E-state index contributed by atoms with van der Waals surface area (Å²) in [6.45, 7) is 3.83. The molecule has 3 N–H and O–H groups in total. The number of hydrazine groups is 1. The van der Waals surface area contributed by atoms with E-state index in [1.54, 1.807) is 0 Å². The largest absolute Gasteiger partial charge is 0.329 e. The van der Waals surface area contributed by atoms with Gasteiger partial charge in [0.1, 0.15) is 0 Å². The molecule has 0 saturated carbocycles. The van der Waals surface area contributed by atoms with Crippen molar-refractivity contribution < 1.29 is 0 Å². The highest BCUT2D eigenvalue weighted by Gasteiger charge is 1.69. The average molecular weight is 86.1 g/mol. The SMILES string of the molecule is CC=C(C)NN. The maximum atomic E-state index is 4.96. The van der Waals surface area contributed by atoms with Crippen molar-refractivity contribution in [2.24, 2.45) is 5.84 Å². The van der Waals surface area contributed by atoms with Crippen molar-refractivity contribution in [2.45, 2.75) is 13.8 Å². The van der Waals surface area contributed by atoms with Crippen LogP contribution >= 0.6 is 0 Å². The van der Waals surface area contributed by atoms with E-state index in [-0.39, 0.29) is 0 Å². The molecule has 0 aromatic heterocycles. The van der Waals surface area contributed by atoms with Gasteiger partial charge in [0.25, 0.3) is 0 Å². The summed E-state index contributed by atoms with van der Waals surface area (Å²) in [4.78, 5) is 0. The van der Waals surface area contributed by atoms with E-state index in [0.29, 0.717) is 0 Å². The van der Waals surface area contributed by atoms with Crippen LogP contribution in [0.25, 0.3) is 0 Å². The van der Waals surface area contributed by atoms with Gasteiger partial charge in [-0.2, -0.15) is 0 Å². The number of hydrogen-bond donors (Lipinski definition) is 2. The number of nitrogens with one attached hydrogen (secondary N) is 1. The molecule has 0 spiro atoms. The van der Waals surface area contributed by atoms with Crippen molar-refractivity contribution in [2.75, 3.05) is 0 Å². The molecule has 0 heterocycles. The Labute approximate surface area is 38.0 Å². The average Bonchev–Trinajstić information content (AvgIpc) is 1.65. The highest BCUT2D eigenvalue weighted by molar-refractivity contribution is 4.89. The van der Waals surface area contributed by atoms with Gasteiger partial charge in [-0.05, 0) is 13.8 Å². The van der Waals surface area contributed by atoms with Crippen LogP contribution in [0.15, 0.2) is 11.8 Å². The number of nitrogens with two attached hydrogens (primary N) is 1. The highest BCUT2D eigenvalue weighted by atomic mass is 15.2. The van der Waals surface area contributed by atoms with Crippen molar-refractivity contribution in [1.29, 1.82) is 0 Å². The molecular weight excluding hydrogens is 76.1 g/mol. The number of rotatable bonds is 1. The van der Waals surface area contributed by atoms with Crippen molar-refractivity contribution in [1.82, 2.24) is 5.43 Å². The van der Waals surface area contributed by atoms with E-state index in [2.05, 4.69) is 5.43 Å². The predicted molar refractivity (Wildman–Crippen MR) is 26.8 cm³/mol. The van der Waals surface area contributed by atoms with Crippen LogP contribution in [-0.2, 0) is 0 Å². The van der Waals surface area contributed by atoms with Crippen molar-refractivity contribution in [3.63, 3.8) is 0 Å². The smallest absolute Gasteiger partial charge is 0.0185 e. The summed E-state index contributed by atoms with van der Waals surface area (Å²) >= 11 is 0. The Morgan fingerprint density at radius 3 is 2.33 bits per heavy atom. The van der Waals surface area contributed by atoms with Crippen LogP contribution in [0.5, 0.6) is 0 Å². The fraction of sp³-hybridized carbons (Fsp3) is 0.500. The lowest BCUT2D eigenvalue weighted by Gasteiger charge is -1.91. The summed E-state index contributed by atoms with van der Waals surface area (Å²) in [7, 11) is 0. The molecule has 0 saturated heterocycles. The molecule has 0 aliphatic carbocycles. The van der Waals surface area contributed by atoms with Gasteiger partial charge in [-0.15, -0.1) is 0 Å². The first-order valence-corrected chi connectivity index (χ1v) is 1.90. The summed E-state index contributed by atoms with van der Waals surface area (Å²) in [5, 5.41) is 0. The normalized spacial score (nSPS) is 11.5. The molecular formula is C4H10N2. The zero-order chi connectivity index (χ0) is 4.99. The third kappa shape index (κ3) is 1.79. The number of hydrogen-bond acceptors (Lipinski definition) is 2. The summed E-state index contributed by atoms with van der Waals surface area (Å²) < 4.78 is 0. The number of allylic oxidation sites excluding steroid dienone is 2. The second-order valence-corrected chi connectivity index (χ2v) is 1.12. The molecule has 2 nitrogen and oxygen atoms in total. The Bertz CT molecular complexity index is 56.6. The molecule has 6 heavy (non-hydrogen) atoms. The van der Waals surface area contributed by atoms with Gasteiger partial charge in [-0.25, -0.2) is 0 Å². The Morgan fingerprint density at radius 1 is 1.83 bits per heavy atom. The van der Waals surface area contributed by atoms with Crippen molar-refractivity contribution in [3.8, 4) is 0 Å². The molecule has 0 rings (SSSR count). The Hall–Kier alpha value is -0.500. The molecule has 36 valence electrons. The van der Waals surface area contributed by atoms with Gasteiger partial charge in [0.2, 0.25) is 0 Å². The molecule has 0 aromatic carbocycles. The summed E-state index contributed by atoms with van der Waals surface area (Å²) in [6, 6.07) is 0. The second kappa shape index (κ2) is 2.72. The molecule has 0 aliphatic rings. The van der Waals surface area contributed by atoms with Crippen molar-refractivity contribution in [3.05, 3.63) is 11.8 Å². The standard InChI is InChI=1S/C4H10N2/c1-3-4(2)6-5/h3,6H,5H2,1-2H3. The molecule has 0 aliphatic heterocycles. The topological polar surface area (TPSA) is 38.0 Å². The van der Waals surface area contributed by atoms with Crippen molar-refractivity contribution >= 4 is 0 Å². The van der Waals surface area contributed by atoms with Gasteiger partial charge >= 0.3 is 0 Å². The minimum Gasteiger partial charge on any atom is -0.329 e. The lowest BCUT2D eigenvalue weighted by Crippen LogP contribution is -2.18. The monoisotopic (exact) mass is 86.1 g/mol. The molecule has 0 aromatic rings. The summed E-state index contributed by atoms with van der Waals surface area (Å²) in [5.41, 5.74) is 3.47. The molecule has 0 unspecified atom stereocenters. The molecule has 0 fully saturated rings. The van der Waals surface area contributed by atoms with Crippen LogP contribution in [0.1, 0.15) is 13.8 Å². The van der Waals surface area contributed by atoms with E-state index >= 15 is 0 Å². The Morgan fingerprint density at radius 2 is 2.33 bits per heavy atom. The maximum Gasteiger partial charge on any atom is 0.0185 e. The minimum atomic E-state index is 0.995. The minimum absolute atomic E-state index is 0.995. The lowest BCUT2D eigenvalue weighted by atomic mass is 10.5. The predicted octanol–water partition coefficient (Wildman–Crippen LogP) is 0.373. The quantitative estimate of drug-likeness (QED) is 0.357. The molecule has 2 heteroatoms. The van der Waals surface area contributed by atoms with Gasteiger partial charge in [0, 0.05) is 5.70 Å². The molecule has 0 bridgehead atoms. The van der Waals surface area contributed by atoms with Crippen LogP contribution < -0.4 is 11.3 Å². The van der Waals surface area contributed by atoms with Crippen LogP contribution in [0.3, 0.4) is 0 Å². The third-order valence-corrected chi connectivity index (χ3v) is 0.661. The first kappa shape index (κ1) is 5.50. The molecule has 0 atom stereocenters. The van der Waals surface area contributed by atoms with E-state index in [9.17, 15) is 0 Å². The lowest BCUT2D eigenvalue weighted by molar-refractivity contribution is 0.883. The molecule has 0 amide bonds. The fourth-order valence-electron chi connectivity index (χ4n) is 0.0833. The summed E-state index contributed by atoms with van der Waals surface area (Å²) in [6.07, 6.45) is 1.90. The van der Waals surface area contributed by atoms with Gasteiger partial charge < -0.3 is 5.43 Å².